The van der Waals surface area contributed by atoms with E-state index in [0.29, 0.717) is 18.0 Å². The number of carbonyl (C=O) groups excluding carboxylic acids is 1. The quantitative estimate of drug-likeness (QED) is 0.556. The summed E-state index contributed by atoms with van der Waals surface area (Å²) in [6.45, 7) is 1.77. The van der Waals surface area contributed by atoms with Crippen LogP contribution in [0.3, 0.4) is 0 Å². The fourth-order valence-corrected chi connectivity index (χ4v) is 4.04. The van der Waals surface area contributed by atoms with E-state index < -0.39 is 10.0 Å². The minimum Gasteiger partial charge on any atom is -0.497 e. The summed E-state index contributed by atoms with van der Waals surface area (Å²) in [5, 5.41) is 2.68. The molecule has 0 heterocycles. The first-order valence-electron chi connectivity index (χ1n) is 9.51. The molecule has 3 rings (SSSR count). The first-order valence-corrected chi connectivity index (χ1v) is 11.0. The highest BCUT2D eigenvalue weighted by atomic mass is 32.2. The zero-order chi connectivity index (χ0) is 22.4. The smallest absolute Gasteiger partial charge is 0.261 e. The average Bonchev–Trinajstić information content (AvgIpc) is 2.77. The fraction of sp³-hybridized carbons (Fsp3) is 0.174. The van der Waals surface area contributed by atoms with Crippen LogP contribution in [0.5, 0.6) is 11.5 Å². The van der Waals surface area contributed by atoms with Crippen LogP contribution < -0.4 is 19.5 Å². The Morgan fingerprint density at radius 2 is 1.58 bits per heavy atom. The summed E-state index contributed by atoms with van der Waals surface area (Å²) in [6, 6.07) is 18.9. The van der Waals surface area contributed by atoms with Gasteiger partial charge in [-0.15, -0.1) is 0 Å². The summed E-state index contributed by atoms with van der Waals surface area (Å²) >= 11 is 0. The van der Waals surface area contributed by atoms with E-state index in [1.54, 1.807) is 44.6 Å². The fourth-order valence-electron chi connectivity index (χ4n) is 2.99. The molecule has 0 atom stereocenters. The highest BCUT2D eigenvalue weighted by Crippen LogP contribution is 2.34. The molecule has 0 fully saturated rings. The Hall–Kier alpha value is -3.52. The Balaban J connectivity index is 1.84. The van der Waals surface area contributed by atoms with Crippen molar-refractivity contribution in [2.45, 2.75) is 18.4 Å². The molecule has 0 bridgehead atoms. The standard InChI is InChI=1S/C23H24N2O5S/c1-16(26)24-15-17-4-11-21(12-5-17)31(27,28)25-19-8-13-23(30-3)22(14-19)18-6-9-20(29-2)10-7-18/h4-14,25H,15H2,1-3H3,(H,24,26). The molecule has 7 nitrogen and oxygen atoms in total. The maximum absolute atomic E-state index is 12.8. The van der Waals surface area contributed by atoms with Gasteiger partial charge >= 0.3 is 0 Å². The summed E-state index contributed by atoms with van der Waals surface area (Å²) in [5.41, 5.74) is 2.83. The summed E-state index contributed by atoms with van der Waals surface area (Å²) in [4.78, 5) is 11.1. The molecule has 0 saturated heterocycles. The zero-order valence-corrected chi connectivity index (χ0v) is 18.3. The van der Waals surface area contributed by atoms with Gasteiger partial charge in [0.05, 0.1) is 19.1 Å². The van der Waals surface area contributed by atoms with Crippen molar-refractivity contribution in [1.82, 2.24) is 5.32 Å². The molecule has 162 valence electrons. The van der Waals surface area contributed by atoms with Gasteiger partial charge in [0.1, 0.15) is 11.5 Å². The van der Waals surface area contributed by atoms with E-state index in [-0.39, 0.29) is 10.8 Å². The van der Waals surface area contributed by atoms with E-state index >= 15 is 0 Å². The van der Waals surface area contributed by atoms with Crippen molar-refractivity contribution in [2.75, 3.05) is 18.9 Å². The van der Waals surface area contributed by atoms with Crippen LogP contribution in [0.1, 0.15) is 12.5 Å². The lowest BCUT2D eigenvalue weighted by molar-refractivity contribution is -0.119. The van der Waals surface area contributed by atoms with Gasteiger partial charge in [-0.25, -0.2) is 8.42 Å². The van der Waals surface area contributed by atoms with Gasteiger partial charge in [-0.05, 0) is 53.6 Å². The first kappa shape index (κ1) is 22.2. The van der Waals surface area contributed by atoms with E-state index in [9.17, 15) is 13.2 Å². The number of ether oxygens (including phenoxy) is 2. The second-order valence-electron chi connectivity index (χ2n) is 6.80. The highest BCUT2D eigenvalue weighted by molar-refractivity contribution is 7.92. The SMILES string of the molecule is COc1ccc(-c2cc(NS(=O)(=O)c3ccc(CNC(C)=O)cc3)ccc2OC)cc1. The van der Waals surface area contributed by atoms with Gasteiger partial charge in [0.25, 0.3) is 10.0 Å². The lowest BCUT2D eigenvalue weighted by Gasteiger charge is -2.14. The Morgan fingerprint density at radius 3 is 2.16 bits per heavy atom. The lowest BCUT2D eigenvalue weighted by Crippen LogP contribution is -2.19. The number of rotatable bonds is 8. The normalized spacial score (nSPS) is 10.9. The molecule has 8 heteroatoms. The Labute approximate surface area is 182 Å². The molecule has 0 aliphatic rings. The third-order valence-corrected chi connectivity index (χ3v) is 6.03. The third-order valence-electron chi connectivity index (χ3n) is 4.63. The van der Waals surface area contributed by atoms with Gasteiger partial charge in [0.15, 0.2) is 0 Å². The molecule has 2 N–H and O–H groups in total. The van der Waals surface area contributed by atoms with E-state index in [1.165, 1.54) is 19.1 Å². The zero-order valence-electron chi connectivity index (χ0n) is 17.5. The number of hydrogen-bond donors (Lipinski definition) is 2. The predicted molar refractivity (Wildman–Crippen MR) is 120 cm³/mol. The molecular formula is C23H24N2O5S. The van der Waals surface area contributed by atoms with E-state index in [2.05, 4.69) is 10.0 Å². The predicted octanol–water partition coefficient (Wildman–Crippen LogP) is 3.81. The summed E-state index contributed by atoms with van der Waals surface area (Å²) in [5.74, 6) is 1.20. The second kappa shape index (κ2) is 9.53. The molecule has 3 aromatic rings. The highest BCUT2D eigenvalue weighted by Gasteiger charge is 2.16. The van der Waals surface area contributed by atoms with Crippen molar-refractivity contribution < 1.29 is 22.7 Å². The number of methoxy groups -OCH3 is 2. The molecule has 0 radical (unpaired) electrons. The van der Waals surface area contributed by atoms with Crippen LogP contribution in [-0.2, 0) is 21.4 Å². The van der Waals surface area contributed by atoms with Crippen LogP contribution in [-0.4, -0.2) is 28.5 Å². The average molecular weight is 441 g/mol. The van der Waals surface area contributed by atoms with Crippen LogP contribution in [0, 0.1) is 0 Å². The van der Waals surface area contributed by atoms with Crippen LogP contribution >= 0.6 is 0 Å². The summed E-state index contributed by atoms with van der Waals surface area (Å²) in [6.07, 6.45) is 0. The van der Waals surface area contributed by atoms with Crippen molar-refractivity contribution in [3.63, 3.8) is 0 Å². The Kier molecular flexibility index (Phi) is 6.81. The second-order valence-corrected chi connectivity index (χ2v) is 8.49. The monoisotopic (exact) mass is 440 g/mol. The topological polar surface area (TPSA) is 93.7 Å². The van der Waals surface area contributed by atoms with Crippen molar-refractivity contribution >= 4 is 21.6 Å². The van der Waals surface area contributed by atoms with Gasteiger partial charge in [-0.2, -0.15) is 0 Å². The molecule has 0 aliphatic carbocycles. The number of carbonyl (C=O) groups is 1. The number of anilines is 1. The molecular weight excluding hydrogens is 416 g/mol. The van der Waals surface area contributed by atoms with Crippen LogP contribution in [0.4, 0.5) is 5.69 Å². The van der Waals surface area contributed by atoms with Crippen molar-refractivity contribution in [2.24, 2.45) is 0 Å². The van der Waals surface area contributed by atoms with Crippen LogP contribution in [0.2, 0.25) is 0 Å². The van der Waals surface area contributed by atoms with Crippen LogP contribution in [0.25, 0.3) is 11.1 Å². The third kappa shape index (κ3) is 5.55. The minimum absolute atomic E-state index is 0.126. The largest absolute Gasteiger partial charge is 0.497 e. The molecule has 0 spiro atoms. The van der Waals surface area contributed by atoms with Gasteiger partial charge < -0.3 is 14.8 Å². The summed E-state index contributed by atoms with van der Waals surface area (Å²) in [7, 11) is -0.630. The molecule has 0 unspecified atom stereocenters. The van der Waals surface area contributed by atoms with E-state index in [1.807, 2.05) is 24.3 Å². The van der Waals surface area contributed by atoms with Crippen molar-refractivity contribution in [3.8, 4) is 22.6 Å². The summed E-state index contributed by atoms with van der Waals surface area (Å²) < 4.78 is 38.9. The molecule has 0 aromatic heterocycles. The van der Waals surface area contributed by atoms with Gasteiger partial charge in [0.2, 0.25) is 5.91 Å². The number of hydrogen-bond acceptors (Lipinski definition) is 5. The van der Waals surface area contributed by atoms with Gasteiger partial charge in [-0.1, -0.05) is 24.3 Å². The van der Waals surface area contributed by atoms with E-state index in [0.717, 1.165) is 22.4 Å². The molecule has 1 amide bonds. The Morgan fingerprint density at radius 1 is 0.903 bits per heavy atom. The first-order chi connectivity index (χ1) is 14.8. The lowest BCUT2D eigenvalue weighted by atomic mass is 10.0. The number of benzene rings is 3. The van der Waals surface area contributed by atoms with Gasteiger partial charge in [-0.3, -0.25) is 9.52 Å². The van der Waals surface area contributed by atoms with Crippen molar-refractivity contribution in [3.05, 3.63) is 72.3 Å². The maximum Gasteiger partial charge on any atom is 0.261 e. The molecule has 0 saturated carbocycles. The number of sulfonamides is 1. The van der Waals surface area contributed by atoms with Gasteiger partial charge in [0, 0.05) is 24.7 Å². The van der Waals surface area contributed by atoms with Crippen molar-refractivity contribution in [1.29, 1.82) is 0 Å². The Bertz CT molecular complexity index is 1160. The number of nitrogens with one attached hydrogen (secondary N) is 2. The molecule has 0 aliphatic heterocycles. The minimum atomic E-state index is -3.79. The van der Waals surface area contributed by atoms with Crippen LogP contribution in [0.15, 0.2) is 71.6 Å². The van der Waals surface area contributed by atoms with E-state index in [4.69, 9.17) is 9.47 Å². The molecule has 31 heavy (non-hydrogen) atoms. The maximum atomic E-state index is 12.8. The number of amides is 1. The molecule has 3 aromatic carbocycles.